The van der Waals surface area contributed by atoms with Crippen LogP contribution in [-0.4, -0.2) is 36.6 Å². The number of nitrogens with zero attached hydrogens (tertiary/aromatic N) is 6. The second kappa shape index (κ2) is 11.2. The summed E-state index contributed by atoms with van der Waals surface area (Å²) in [4.78, 5) is 91.8. The van der Waals surface area contributed by atoms with Gasteiger partial charge in [-0.05, 0) is 23.8 Å². The van der Waals surface area contributed by atoms with E-state index in [1.54, 1.807) is 0 Å². The Bertz CT molecular complexity index is 1400. The predicted octanol–water partition coefficient (Wildman–Crippen LogP) is 0.929. The van der Waals surface area contributed by atoms with Crippen molar-refractivity contribution in [3.8, 4) is 28.7 Å². The lowest BCUT2D eigenvalue weighted by molar-refractivity contribution is -0.803. The lowest BCUT2D eigenvalue weighted by atomic mass is 9.91. The first-order chi connectivity index (χ1) is 18.7. The van der Waals surface area contributed by atoms with Crippen molar-refractivity contribution in [2.75, 3.05) is 0 Å². The van der Waals surface area contributed by atoms with Crippen LogP contribution in [-0.2, 0) is 9.68 Å². The minimum atomic E-state index is -2.30. The fourth-order valence-electron chi connectivity index (χ4n) is 3.46. The molecule has 3 atom stereocenters. The normalized spacial score (nSPS) is 17.1. The highest BCUT2D eigenvalue weighted by atomic mass is 17.0. The lowest BCUT2D eigenvalue weighted by Crippen LogP contribution is -2.40. The van der Waals surface area contributed by atoms with Gasteiger partial charge in [0.1, 0.15) is 17.2 Å². The lowest BCUT2D eigenvalue weighted by Gasteiger charge is -2.37. The van der Waals surface area contributed by atoms with Crippen molar-refractivity contribution >= 4 is 0 Å². The van der Waals surface area contributed by atoms with Crippen LogP contribution in [0.1, 0.15) is 23.3 Å². The summed E-state index contributed by atoms with van der Waals surface area (Å²) in [7, 11) is 0. The van der Waals surface area contributed by atoms with E-state index < -0.39 is 88.7 Å². The average Bonchev–Trinajstić information content (AvgIpc) is 2.79. The maximum atomic E-state index is 11.3. The summed E-state index contributed by atoms with van der Waals surface area (Å²) in [6, 6.07) is 3.43. The van der Waals surface area contributed by atoms with Crippen LogP contribution in [0.2, 0.25) is 0 Å². The Morgan fingerprint density at radius 3 is 1.70 bits per heavy atom. The van der Waals surface area contributed by atoms with Gasteiger partial charge in [0.25, 0.3) is 30.5 Å². The Kier molecular flexibility index (Phi) is 7.86. The number of fused-ring (bicyclic) bond motifs is 1. The molecule has 1 heterocycles. The molecule has 0 bridgehead atoms. The predicted molar refractivity (Wildman–Crippen MR) is 109 cm³/mol. The smallest absolute Gasteiger partial charge is 0.299 e. The van der Waals surface area contributed by atoms with Crippen LogP contribution < -0.4 is 24.1 Å². The van der Waals surface area contributed by atoms with E-state index in [2.05, 4.69) is 29.0 Å². The van der Waals surface area contributed by atoms with Gasteiger partial charge >= 0.3 is 0 Å². The molecule has 3 rings (SSSR count). The first-order valence-corrected chi connectivity index (χ1v) is 9.65. The Hall–Kier alpha value is -6.56. The molecule has 0 saturated carbocycles. The van der Waals surface area contributed by atoms with E-state index in [1.165, 1.54) is 0 Å². The van der Waals surface area contributed by atoms with Gasteiger partial charge in [-0.2, -0.15) is 0 Å². The van der Waals surface area contributed by atoms with Gasteiger partial charge in [-0.15, -0.1) is 60.7 Å². The highest BCUT2D eigenvalue weighted by Gasteiger charge is 2.47. The molecule has 2 aromatic carbocycles. The Morgan fingerprint density at radius 1 is 0.600 bits per heavy atom. The molecule has 1 aliphatic heterocycles. The van der Waals surface area contributed by atoms with Crippen molar-refractivity contribution in [3.05, 3.63) is 102 Å². The third-order valence-electron chi connectivity index (χ3n) is 4.62. The van der Waals surface area contributed by atoms with Gasteiger partial charge in [0.15, 0.2) is 29.8 Å². The maximum absolute atomic E-state index is 11.3. The fourth-order valence-corrected chi connectivity index (χ4v) is 3.46. The molecular weight excluding hydrogens is 568 g/mol. The molecule has 0 N–H and O–H groups in total. The zero-order valence-corrected chi connectivity index (χ0v) is 18.6. The van der Waals surface area contributed by atoms with Gasteiger partial charge in [0.05, 0.1) is 5.56 Å². The van der Waals surface area contributed by atoms with E-state index in [0.29, 0.717) is 18.2 Å². The van der Waals surface area contributed by atoms with Gasteiger partial charge in [-0.3, -0.25) is 19.4 Å². The zero-order valence-electron chi connectivity index (χ0n) is 18.6. The van der Waals surface area contributed by atoms with Crippen LogP contribution in [0.4, 0.5) is 0 Å². The third-order valence-corrected chi connectivity index (χ3v) is 4.62. The van der Waals surface area contributed by atoms with Crippen LogP contribution in [0.25, 0.3) is 0 Å². The third kappa shape index (κ3) is 6.60. The highest BCUT2D eigenvalue weighted by molar-refractivity contribution is 5.54. The Balaban J connectivity index is 2.27. The van der Waals surface area contributed by atoms with E-state index >= 15 is 0 Å². The largest absolute Gasteiger partial charge is 0.483 e. The number of hydrogen-bond acceptors (Lipinski definition) is 19. The molecule has 0 aromatic heterocycles. The topological polar surface area (TPSA) is 323 Å². The number of hydrogen-bond donors (Lipinski definition) is 0. The van der Waals surface area contributed by atoms with Crippen molar-refractivity contribution < 1.29 is 64.3 Å². The van der Waals surface area contributed by atoms with Crippen LogP contribution >= 0.6 is 0 Å². The summed E-state index contributed by atoms with van der Waals surface area (Å²) in [6.45, 7) is 0. The van der Waals surface area contributed by atoms with Crippen LogP contribution in [0.3, 0.4) is 0 Å². The van der Waals surface area contributed by atoms with E-state index in [1.807, 2.05) is 0 Å². The SMILES string of the molecule is O=[N+]([O-])Oc1cc2c(c(O[N+](=O)[O-])c1)C(O[N+](=O)[O-])C(O[N+](=O)[O-])C(c1ccc(O[N+](=O)[O-])c(O[N+](=O)[O-])c1)O2. The van der Waals surface area contributed by atoms with Crippen LogP contribution in [0.15, 0.2) is 30.3 Å². The number of ether oxygens (including phenoxy) is 1. The van der Waals surface area contributed by atoms with Crippen molar-refractivity contribution in [1.29, 1.82) is 0 Å². The minimum absolute atomic E-state index is 0.417. The molecule has 0 amide bonds. The molecule has 40 heavy (non-hydrogen) atoms. The van der Waals surface area contributed by atoms with E-state index in [4.69, 9.17) is 4.74 Å². The summed E-state index contributed by atoms with van der Waals surface area (Å²) in [5.74, 6) is -4.33. The van der Waals surface area contributed by atoms with Crippen molar-refractivity contribution in [1.82, 2.24) is 0 Å². The second-order valence-electron chi connectivity index (χ2n) is 6.88. The monoisotopic (exact) mass is 576 g/mol. The van der Waals surface area contributed by atoms with Crippen LogP contribution in [0, 0.1) is 60.7 Å². The molecule has 0 fully saturated rings. The highest BCUT2D eigenvalue weighted by Crippen LogP contribution is 2.50. The van der Waals surface area contributed by atoms with E-state index in [0.717, 1.165) is 12.1 Å². The van der Waals surface area contributed by atoms with Gasteiger partial charge < -0.3 is 14.4 Å². The summed E-state index contributed by atoms with van der Waals surface area (Å²) in [5.41, 5.74) is -1.19. The minimum Gasteiger partial charge on any atom is -0.483 e. The van der Waals surface area contributed by atoms with Gasteiger partial charge in [-0.25, -0.2) is 0 Å². The second-order valence-corrected chi connectivity index (χ2v) is 6.88. The Labute approximate surface area is 214 Å². The molecule has 0 aliphatic carbocycles. The molecule has 1 aliphatic rings. The molecule has 2 aromatic rings. The van der Waals surface area contributed by atoms with Gasteiger partial charge in [-0.1, -0.05) is 6.07 Å². The van der Waals surface area contributed by atoms with Gasteiger partial charge in [0.2, 0.25) is 0 Å². The standard InChI is InChI=1S/C15H8N6O19/c22-16(23)35-7-4-10-12(11(5-7)38-19(28)29)14(39-20(30)31)15(40-21(32)33)13(34-10)6-1-2-8(36-17(24)25)9(3-6)37-18(26)27/h1-5,13-15H. The first-order valence-electron chi connectivity index (χ1n) is 9.65. The molecule has 0 radical (unpaired) electrons. The van der Waals surface area contributed by atoms with E-state index in [9.17, 15) is 60.7 Å². The van der Waals surface area contributed by atoms with Crippen molar-refractivity contribution in [2.45, 2.75) is 18.3 Å². The van der Waals surface area contributed by atoms with Crippen molar-refractivity contribution in [2.24, 2.45) is 0 Å². The molecular formula is C15H8N6O19. The fraction of sp³-hybridized carbons (Fsp3) is 0.200. The average molecular weight is 576 g/mol. The molecule has 25 nitrogen and oxygen atoms in total. The Morgan fingerprint density at radius 2 is 1.15 bits per heavy atom. The van der Waals surface area contributed by atoms with E-state index in [-0.39, 0.29) is 0 Å². The zero-order chi connectivity index (χ0) is 29.7. The summed E-state index contributed by atoms with van der Waals surface area (Å²) in [5, 5.41) is 57.5. The molecule has 0 spiro atoms. The van der Waals surface area contributed by atoms with Gasteiger partial charge in [0, 0.05) is 6.07 Å². The molecule has 212 valence electrons. The summed E-state index contributed by atoms with van der Waals surface area (Å²) >= 11 is 0. The maximum Gasteiger partial charge on any atom is 0.299 e. The first kappa shape index (κ1) is 28.0. The quantitative estimate of drug-likeness (QED) is 0.236. The number of rotatable bonds is 13. The molecule has 25 heteroatoms. The molecule has 0 saturated heterocycles. The summed E-state index contributed by atoms with van der Waals surface area (Å²) < 4.78 is 5.53. The van der Waals surface area contributed by atoms with Crippen LogP contribution in [0.5, 0.6) is 28.7 Å². The summed E-state index contributed by atoms with van der Waals surface area (Å²) in [6.07, 6.45) is -6.52. The molecule has 3 unspecified atom stereocenters. The number of benzene rings is 2. The van der Waals surface area contributed by atoms with Crippen molar-refractivity contribution in [3.63, 3.8) is 0 Å².